The highest BCUT2D eigenvalue weighted by Gasteiger charge is 2.53. The number of amides is 1. The van der Waals surface area contributed by atoms with E-state index in [1.165, 1.54) is 37.7 Å². The number of fused-ring (bicyclic) bond motifs is 1. The minimum absolute atomic E-state index is 0.0224. The Kier molecular flexibility index (Phi) is 22.5. The van der Waals surface area contributed by atoms with E-state index in [1.54, 1.807) is 6.92 Å². The molecular weight excluding hydrogens is 719 g/mol. The number of rotatable bonds is 15. The molecule has 1 aliphatic heterocycles. The summed E-state index contributed by atoms with van der Waals surface area (Å²) in [4.78, 5) is 47.7. The second-order valence-electron chi connectivity index (χ2n) is 19.4. The highest BCUT2D eigenvalue weighted by atomic mass is 16.6. The number of aromatic amines is 1. The van der Waals surface area contributed by atoms with Crippen LogP contribution in [0.25, 0.3) is 11.3 Å². The first-order chi connectivity index (χ1) is 27.1. The van der Waals surface area contributed by atoms with Gasteiger partial charge in [-0.1, -0.05) is 141 Å². The number of H-pyrrole nitrogens is 1. The molecule has 2 aliphatic rings. The largest absolute Gasteiger partial charge is 0.460 e. The van der Waals surface area contributed by atoms with E-state index >= 15 is 0 Å². The average Bonchev–Trinajstić information content (AvgIpc) is 3.35. The molecule has 1 N–H and O–H groups in total. The van der Waals surface area contributed by atoms with Gasteiger partial charge in [-0.2, -0.15) is 0 Å². The lowest BCUT2D eigenvalue weighted by atomic mass is 9.73. The van der Waals surface area contributed by atoms with Crippen molar-refractivity contribution in [1.82, 2.24) is 4.98 Å². The van der Waals surface area contributed by atoms with E-state index in [1.807, 2.05) is 53.8 Å². The van der Waals surface area contributed by atoms with Crippen molar-refractivity contribution in [3.05, 3.63) is 45.7 Å². The Morgan fingerprint density at radius 1 is 0.914 bits per heavy atom. The van der Waals surface area contributed by atoms with Crippen LogP contribution in [0, 0.1) is 30.1 Å². The molecule has 1 aliphatic carbocycles. The van der Waals surface area contributed by atoms with Gasteiger partial charge in [-0.05, 0) is 108 Å². The molecule has 7 heteroatoms. The van der Waals surface area contributed by atoms with Crippen LogP contribution in [0.5, 0.6) is 0 Å². The van der Waals surface area contributed by atoms with Gasteiger partial charge in [-0.25, -0.2) is 0 Å². The van der Waals surface area contributed by atoms with Crippen LogP contribution < -0.4 is 10.5 Å². The molecular formula is C51H87N3O4. The van der Waals surface area contributed by atoms with E-state index in [4.69, 9.17) is 4.74 Å². The van der Waals surface area contributed by atoms with E-state index in [-0.39, 0.29) is 29.1 Å². The lowest BCUT2D eigenvalue weighted by Gasteiger charge is -2.42. The Hall–Kier alpha value is -3.22. The molecule has 0 bridgehead atoms. The van der Waals surface area contributed by atoms with E-state index in [2.05, 4.69) is 102 Å². The summed E-state index contributed by atoms with van der Waals surface area (Å²) >= 11 is 0. The van der Waals surface area contributed by atoms with E-state index in [0.29, 0.717) is 22.6 Å². The summed E-state index contributed by atoms with van der Waals surface area (Å²) < 4.78 is 5.15. The van der Waals surface area contributed by atoms with Gasteiger partial charge < -0.3 is 14.6 Å². The van der Waals surface area contributed by atoms with Crippen LogP contribution in [0.2, 0.25) is 0 Å². The topological polar surface area (TPSA) is 91.8 Å². The number of nitrogens with zero attached hydrogens (tertiary/aromatic N) is 2. The molecule has 1 aromatic heterocycles. The first kappa shape index (κ1) is 52.8. The summed E-state index contributed by atoms with van der Waals surface area (Å²) in [6, 6.07) is 8.61. The maximum atomic E-state index is 14.1. The van der Waals surface area contributed by atoms with Gasteiger partial charge in [0.05, 0.1) is 22.7 Å². The normalized spacial score (nSPS) is 17.6. The third-order valence-electron chi connectivity index (χ3n) is 11.3. The van der Waals surface area contributed by atoms with E-state index < -0.39 is 5.41 Å². The number of aliphatic imine (C=N–C) groups is 1. The smallest absolute Gasteiger partial charge is 0.309 e. The predicted molar refractivity (Wildman–Crippen MR) is 251 cm³/mol. The number of benzene rings is 1. The fourth-order valence-electron chi connectivity index (χ4n) is 7.65. The molecule has 4 rings (SSSR count). The molecule has 330 valence electrons. The molecule has 1 aromatic carbocycles. The second kappa shape index (κ2) is 24.8. The van der Waals surface area contributed by atoms with Crippen molar-refractivity contribution in [3.63, 3.8) is 0 Å². The zero-order valence-corrected chi connectivity index (χ0v) is 40.4. The van der Waals surface area contributed by atoms with Crippen molar-refractivity contribution < 1.29 is 14.3 Å². The number of ether oxygens (including phenoxy) is 1. The van der Waals surface area contributed by atoms with Crippen LogP contribution in [-0.4, -0.2) is 34.7 Å². The molecule has 2 aromatic rings. The van der Waals surface area contributed by atoms with Gasteiger partial charge in [0.2, 0.25) is 5.91 Å². The predicted octanol–water partition coefficient (Wildman–Crippen LogP) is 14.5. The van der Waals surface area contributed by atoms with Gasteiger partial charge in [0.15, 0.2) is 0 Å². The van der Waals surface area contributed by atoms with E-state index in [9.17, 15) is 14.4 Å². The third-order valence-corrected chi connectivity index (χ3v) is 11.3. The number of aromatic nitrogens is 1. The van der Waals surface area contributed by atoms with Crippen LogP contribution in [-0.2, 0) is 19.7 Å². The molecule has 0 spiro atoms. The molecule has 2 heterocycles. The molecule has 0 saturated heterocycles. The first-order valence-corrected chi connectivity index (χ1v) is 23.1. The monoisotopic (exact) mass is 806 g/mol. The fraction of sp³-hybridized carbons (Fsp3) is 0.725. The quantitative estimate of drug-likeness (QED) is 0.143. The summed E-state index contributed by atoms with van der Waals surface area (Å²) in [6.45, 7) is 35.6. The van der Waals surface area contributed by atoms with Crippen molar-refractivity contribution >= 4 is 29.5 Å². The fourth-order valence-corrected chi connectivity index (χ4v) is 7.65. The summed E-state index contributed by atoms with van der Waals surface area (Å²) in [5.74, 6) is 1.78. The SMILES string of the molecule is CC(C)C.CCC(C)C(=O)OC(C)(C)C.CCC=Nc1cc(-c2ccc3c(c2)N(C2CC(CCC)C2)C(=O)C3(CCC)CCC)[nH]c(=O)c1C.CCCC(C)(C)CC. The molecule has 1 fully saturated rings. The molecule has 1 amide bonds. The number of anilines is 1. The maximum Gasteiger partial charge on any atom is 0.309 e. The Morgan fingerprint density at radius 3 is 1.95 bits per heavy atom. The molecule has 1 saturated carbocycles. The lowest BCUT2D eigenvalue weighted by molar-refractivity contribution is -0.159. The number of esters is 1. The number of pyridine rings is 1. The summed E-state index contributed by atoms with van der Waals surface area (Å²) in [5, 5.41) is 0. The van der Waals surface area contributed by atoms with Gasteiger partial charge in [0.1, 0.15) is 5.60 Å². The second-order valence-corrected chi connectivity index (χ2v) is 19.4. The molecule has 1 atom stereocenters. The number of hydrogen-bond donors (Lipinski definition) is 1. The molecule has 0 radical (unpaired) electrons. The standard InChI is InChI=1S/C30H41N3O2.C9H18O2.C8H18.C4H10/c1-6-10-21-16-23(17-21)33-27-18-22(26-19-25(31-15-9-4)20(5)28(34)32-26)11-12-24(27)30(13-7-2,14-8-3)29(33)35;1-6-7(2)8(10)11-9(3,4)5;1-5-7-8(3,4)6-2;1-4(2)3/h11-12,15,18-19,21,23H,6-10,13-14,16-17H2,1-5H3,(H,32,34);7H,6H2,1-5H3;5-7H2,1-4H3;4H,1-3H3. The van der Waals surface area contributed by atoms with Crippen LogP contribution in [0.4, 0.5) is 11.4 Å². The van der Waals surface area contributed by atoms with Gasteiger partial charge >= 0.3 is 5.97 Å². The summed E-state index contributed by atoms with van der Waals surface area (Å²) in [5.41, 5.74) is 4.93. The number of hydrogen-bond acceptors (Lipinski definition) is 5. The number of carbonyl (C=O) groups is 2. The zero-order chi connectivity index (χ0) is 44.4. The molecule has 1 unspecified atom stereocenters. The van der Waals surface area contributed by atoms with Crippen LogP contribution >= 0.6 is 0 Å². The van der Waals surface area contributed by atoms with Crippen molar-refractivity contribution in [3.8, 4) is 11.3 Å². The minimum Gasteiger partial charge on any atom is -0.460 e. The van der Waals surface area contributed by atoms with Gasteiger partial charge in [-0.15, -0.1) is 0 Å². The Balaban J connectivity index is 0.000000598. The van der Waals surface area contributed by atoms with Crippen LogP contribution in [0.1, 0.15) is 205 Å². The summed E-state index contributed by atoms with van der Waals surface area (Å²) in [7, 11) is 0. The van der Waals surface area contributed by atoms with Gasteiger partial charge in [0.25, 0.3) is 5.56 Å². The Morgan fingerprint density at radius 2 is 1.50 bits per heavy atom. The molecule has 7 nitrogen and oxygen atoms in total. The molecule has 58 heavy (non-hydrogen) atoms. The lowest BCUT2D eigenvalue weighted by Crippen LogP contribution is -2.50. The summed E-state index contributed by atoms with van der Waals surface area (Å²) in [6.07, 6.45) is 15.8. The average molecular weight is 806 g/mol. The van der Waals surface area contributed by atoms with Crippen molar-refractivity contribution in [2.45, 2.75) is 218 Å². The zero-order valence-electron chi connectivity index (χ0n) is 40.4. The van der Waals surface area contributed by atoms with Crippen molar-refractivity contribution in [2.24, 2.45) is 28.2 Å². The Bertz CT molecular complexity index is 1610. The van der Waals surface area contributed by atoms with Crippen LogP contribution in [0.3, 0.4) is 0 Å². The first-order valence-electron chi connectivity index (χ1n) is 23.1. The van der Waals surface area contributed by atoms with Crippen molar-refractivity contribution in [1.29, 1.82) is 0 Å². The van der Waals surface area contributed by atoms with Crippen molar-refractivity contribution in [2.75, 3.05) is 4.90 Å². The minimum atomic E-state index is -0.426. The highest BCUT2D eigenvalue weighted by Crippen LogP contribution is 2.52. The Labute approximate surface area is 356 Å². The maximum absolute atomic E-state index is 14.1. The number of nitrogens with one attached hydrogen (secondary N) is 1. The van der Waals surface area contributed by atoms with Crippen LogP contribution in [0.15, 0.2) is 34.1 Å². The van der Waals surface area contributed by atoms with Gasteiger partial charge in [0, 0.05) is 29.1 Å². The highest BCUT2D eigenvalue weighted by molar-refractivity contribution is 6.09. The van der Waals surface area contributed by atoms with E-state index in [0.717, 1.165) is 80.1 Å². The van der Waals surface area contributed by atoms with Gasteiger partial charge in [-0.3, -0.25) is 19.4 Å². The third kappa shape index (κ3) is 15.8. The number of carbonyl (C=O) groups excluding carboxylic acids is 2.